The number of fused-ring (bicyclic) bond motifs is 1. The number of thiophene rings is 1. The molecule has 92 valence electrons. The predicted octanol–water partition coefficient (Wildman–Crippen LogP) is 2.98. The summed E-state index contributed by atoms with van der Waals surface area (Å²) >= 11 is 1.72. The van der Waals surface area contributed by atoms with Crippen LogP contribution in [0.25, 0.3) is 10.2 Å². The van der Waals surface area contributed by atoms with Gasteiger partial charge in [-0.05, 0) is 44.0 Å². The third-order valence-electron chi connectivity index (χ3n) is 2.67. The minimum atomic E-state index is 0.205. The van der Waals surface area contributed by atoms with Gasteiger partial charge in [0.15, 0.2) is 0 Å². The molecule has 0 aliphatic carbocycles. The molecule has 0 aliphatic heterocycles. The van der Waals surface area contributed by atoms with Crippen LogP contribution in [-0.4, -0.2) is 24.7 Å². The molecule has 0 amide bonds. The third kappa shape index (κ3) is 3.03. The normalized spacial score (nSPS) is 13.4. The SMILES string of the molecule is CNC(COC(C)C)c1cnc2ccsc2c1. The molecule has 0 spiro atoms. The summed E-state index contributed by atoms with van der Waals surface area (Å²) in [6, 6.07) is 4.44. The molecule has 0 saturated heterocycles. The molecule has 0 aromatic carbocycles. The van der Waals surface area contributed by atoms with E-state index >= 15 is 0 Å². The Morgan fingerprint density at radius 2 is 2.29 bits per heavy atom. The minimum Gasteiger partial charge on any atom is -0.377 e. The summed E-state index contributed by atoms with van der Waals surface area (Å²) in [7, 11) is 1.95. The van der Waals surface area contributed by atoms with Gasteiger partial charge < -0.3 is 10.1 Å². The number of nitrogens with one attached hydrogen (secondary N) is 1. The molecule has 0 aliphatic rings. The van der Waals surface area contributed by atoms with Crippen molar-refractivity contribution in [1.29, 1.82) is 0 Å². The smallest absolute Gasteiger partial charge is 0.0809 e. The van der Waals surface area contributed by atoms with Crippen molar-refractivity contribution in [2.45, 2.75) is 26.0 Å². The summed E-state index contributed by atoms with van der Waals surface area (Å²) in [5.41, 5.74) is 2.25. The fraction of sp³-hybridized carbons (Fsp3) is 0.462. The largest absolute Gasteiger partial charge is 0.377 e. The Kier molecular flexibility index (Phi) is 4.10. The van der Waals surface area contributed by atoms with Crippen LogP contribution < -0.4 is 5.32 Å². The molecule has 1 unspecified atom stereocenters. The average molecular weight is 250 g/mol. The lowest BCUT2D eigenvalue weighted by atomic mass is 10.1. The zero-order valence-electron chi connectivity index (χ0n) is 10.4. The summed E-state index contributed by atoms with van der Waals surface area (Å²) in [5, 5.41) is 5.34. The van der Waals surface area contributed by atoms with Gasteiger partial charge in [-0.2, -0.15) is 0 Å². The van der Waals surface area contributed by atoms with E-state index in [2.05, 4.69) is 21.7 Å². The molecule has 3 nitrogen and oxygen atoms in total. The van der Waals surface area contributed by atoms with Crippen LogP contribution in [0.2, 0.25) is 0 Å². The second-order valence-electron chi connectivity index (χ2n) is 4.30. The first kappa shape index (κ1) is 12.5. The van der Waals surface area contributed by atoms with Crippen LogP contribution in [0.1, 0.15) is 25.5 Å². The van der Waals surface area contributed by atoms with Crippen molar-refractivity contribution in [3.05, 3.63) is 29.3 Å². The van der Waals surface area contributed by atoms with Crippen molar-refractivity contribution in [2.24, 2.45) is 0 Å². The van der Waals surface area contributed by atoms with Crippen molar-refractivity contribution in [2.75, 3.05) is 13.7 Å². The van der Waals surface area contributed by atoms with Gasteiger partial charge in [0.2, 0.25) is 0 Å². The first-order valence-corrected chi connectivity index (χ1v) is 6.70. The summed E-state index contributed by atoms with van der Waals surface area (Å²) in [4.78, 5) is 4.45. The lowest BCUT2D eigenvalue weighted by molar-refractivity contribution is 0.0626. The standard InChI is InChI=1S/C13H18N2OS/c1-9(2)16-8-12(14-3)10-6-13-11(15-7-10)4-5-17-13/h4-7,9,12,14H,8H2,1-3H3. The van der Waals surface area contributed by atoms with E-state index in [1.807, 2.05) is 33.2 Å². The first-order chi connectivity index (χ1) is 8.20. The van der Waals surface area contributed by atoms with E-state index < -0.39 is 0 Å². The number of pyridine rings is 1. The Labute approximate surface area is 106 Å². The molecule has 2 aromatic rings. The highest BCUT2D eigenvalue weighted by Crippen LogP contribution is 2.22. The number of nitrogens with zero attached hydrogens (tertiary/aromatic N) is 1. The van der Waals surface area contributed by atoms with E-state index in [1.54, 1.807) is 11.3 Å². The highest BCUT2D eigenvalue weighted by atomic mass is 32.1. The second-order valence-corrected chi connectivity index (χ2v) is 5.24. The fourth-order valence-electron chi connectivity index (χ4n) is 1.69. The number of likely N-dealkylation sites (N-methyl/N-ethyl adjacent to an activating group) is 1. The van der Waals surface area contributed by atoms with Crippen LogP contribution in [0.3, 0.4) is 0 Å². The summed E-state index contributed by atoms with van der Waals surface area (Å²) in [6.07, 6.45) is 2.18. The highest BCUT2D eigenvalue weighted by Gasteiger charge is 2.11. The van der Waals surface area contributed by atoms with Crippen molar-refractivity contribution in [3.63, 3.8) is 0 Å². The predicted molar refractivity (Wildman–Crippen MR) is 72.5 cm³/mol. The van der Waals surface area contributed by atoms with Gasteiger partial charge in [0.25, 0.3) is 0 Å². The Hall–Kier alpha value is -0.970. The van der Waals surface area contributed by atoms with Gasteiger partial charge in [-0.1, -0.05) is 0 Å². The van der Waals surface area contributed by atoms with Crippen molar-refractivity contribution in [1.82, 2.24) is 10.3 Å². The van der Waals surface area contributed by atoms with Gasteiger partial charge in [0.1, 0.15) is 0 Å². The number of rotatable bonds is 5. The molecule has 17 heavy (non-hydrogen) atoms. The van der Waals surface area contributed by atoms with Crippen LogP contribution in [0.4, 0.5) is 0 Å². The van der Waals surface area contributed by atoms with Crippen LogP contribution in [0.5, 0.6) is 0 Å². The number of hydrogen-bond acceptors (Lipinski definition) is 4. The van der Waals surface area contributed by atoms with Gasteiger partial charge in [0, 0.05) is 6.20 Å². The van der Waals surface area contributed by atoms with E-state index in [9.17, 15) is 0 Å². The molecule has 1 atom stereocenters. The molecule has 0 bridgehead atoms. The number of hydrogen-bond donors (Lipinski definition) is 1. The van der Waals surface area contributed by atoms with E-state index in [-0.39, 0.29) is 12.1 Å². The van der Waals surface area contributed by atoms with Gasteiger partial charge in [0.05, 0.1) is 29.0 Å². The molecule has 2 aromatic heterocycles. The zero-order chi connectivity index (χ0) is 12.3. The van der Waals surface area contributed by atoms with Crippen LogP contribution in [0.15, 0.2) is 23.7 Å². The van der Waals surface area contributed by atoms with Gasteiger partial charge in [-0.3, -0.25) is 4.98 Å². The topological polar surface area (TPSA) is 34.1 Å². The lowest BCUT2D eigenvalue weighted by Crippen LogP contribution is -2.23. The molecule has 2 rings (SSSR count). The summed E-state index contributed by atoms with van der Waals surface area (Å²) in [5.74, 6) is 0. The quantitative estimate of drug-likeness (QED) is 0.886. The minimum absolute atomic E-state index is 0.205. The fourth-order valence-corrected chi connectivity index (χ4v) is 2.48. The second kappa shape index (κ2) is 5.58. The maximum atomic E-state index is 5.66. The van der Waals surface area contributed by atoms with Crippen molar-refractivity contribution >= 4 is 21.6 Å². The van der Waals surface area contributed by atoms with E-state index in [0.29, 0.717) is 6.61 Å². The Balaban J connectivity index is 2.17. The Morgan fingerprint density at radius 3 is 3.00 bits per heavy atom. The van der Waals surface area contributed by atoms with Crippen LogP contribution >= 0.6 is 11.3 Å². The van der Waals surface area contributed by atoms with Gasteiger partial charge >= 0.3 is 0 Å². The molecular weight excluding hydrogens is 232 g/mol. The third-order valence-corrected chi connectivity index (χ3v) is 3.52. The molecule has 1 N–H and O–H groups in total. The van der Waals surface area contributed by atoms with Gasteiger partial charge in [-0.15, -0.1) is 11.3 Å². The summed E-state index contributed by atoms with van der Waals surface area (Å²) in [6.45, 7) is 4.77. The molecule has 0 fully saturated rings. The maximum absolute atomic E-state index is 5.66. The molecular formula is C13H18N2OS. The van der Waals surface area contributed by atoms with Crippen molar-refractivity contribution in [3.8, 4) is 0 Å². The maximum Gasteiger partial charge on any atom is 0.0809 e. The average Bonchev–Trinajstić information content (AvgIpc) is 2.76. The summed E-state index contributed by atoms with van der Waals surface area (Å²) < 4.78 is 6.88. The van der Waals surface area contributed by atoms with E-state index in [1.165, 1.54) is 10.3 Å². The Bertz CT molecular complexity index is 481. The highest BCUT2D eigenvalue weighted by molar-refractivity contribution is 7.17. The van der Waals surface area contributed by atoms with E-state index in [4.69, 9.17) is 4.74 Å². The molecule has 2 heterocycles. The number of aromatic nitrogens is 1. The first-order valence-electron chi connectivity index (χ1n) is 5.82. The van der Waals surface area contributed by atoms with Gasteiger partial charge in [-0.25, -0.2) is 0 Å². The number of ether oxygens (including phenoxy) is 1. The zero-order valence-corrected chi connectivity index (χ0v) is 11.3. The molecule has 0 radical (unpaired) electrons. The molecule has 4 heteroatoms. The van der Waals surface area contributed by atoms with Crippen LogP contribution in [0, 0.1) is 0 Å². The van der Waals surface area contributed by atoms with Crippen LogP contribution in [-0.2, 0) is 4.74 Å². The Morgan fingerprint density at radius 1 is 1.47 bits per heavy atom. The van der Waals surface area contributed by atoms with E-state index in [0.717, 1.165) is 5.52 Å². The monoisotopic (exact) mass is 250 g/mol. The lowest BCUT2D eigenvalue weighted by Gasteiger charge is -2.18. The van der Waals surface area contributed by atoms with Crippen molar-refractivity contribution < 1.29 is 4.74 Å². The molecule has 0 saturated carbocycles.